The lowest BCUT2D eigenvalue weighted by molar-refractivity contribution is 0.0776. The molecule has 174 valence electrons. The van der Waals surface area contributed by atoms with Crippen LogP contribution >= 0.6 is 0 Å². The number of anilines is 1. The van der Waals surface area contributed by atoms with Gasteiger partial charge in [0.1, 0.15) is 5.76 Å². The molecule has 3 aromatic rings. The molecular formula is C25H29N3O4S. The molecule has 0 radical (unpaired) electrons. The number of carbonyl (C=O) groups is 1. The zero-order chi connectivity index (χ0) is 23.4. The quantitative estimate of drug-likeness (QED) is 0.571. The topological polar surface area (TPSA) is 82.9 Å². The van der Waals surface area contributed by atoms with Crippen molar-refractivity contribution in [1.29, 1.82) is 0 Å². The summed E-state index contributed by atoms with van der Waals surface area (Å²) < 4.78 is 33.7. The number of hydrogen-bond donors (Lipinski definition) is 1. The third-order valence-electron chi connectivity index (χ3n) is 5.94. The van der Waals surface area contributed by atoms with Crippen molar-refractivity contribution in [2.24, 2.45) is 0 Å². The van der Waals surface area contributed by atoms with Crippen LogP contribution in [0.4, 0.5) is 5.69 Å². The molecule has 1 aromatic heterocycles. The van der Waals surface area contributed by atoms with Crippen molar-refractivity contribution in [2.75, 3.05) is 25.0 Å². The maximum absolute atomic E-state index is 13.1. The van der Waals surface area contributed by atoms with E-state index in [1.54, 1.807) is 48.5 Å². The Morgan fingerprint density at radius 3 is 2.42 bits per heavy atom. The number of benzene rings is 2. The number of aryl methyl sites for hydroxylation is 1. The first kappa shape index (κ1) is 23.1. The average molecular weight is 468 g/mol. The summed E-state index contributed by atoms with van der Waals surface area (Å²) >= 11 is 0. The summed E-state index contributed by atoms with van der Waals surface area (Å²) in [6.07, 6.45) is 2.92. The SMILES string of the molecule is Cc1ccc(S(=O)(=O)NC2CCN(c3ccccc3C(=O)N(C)Cc3ccco3)CC2)cc1. The minimum absolute atomic E-state index is 0.0794. The zero-order valence-corrected chi connectivity index (χ0v) is 19.7. The van der Waals surface area contributed by atoms with Crippen LogP contribution in [0.25, 0.3) is 0 Å². The number of sulfonamides is 1. The van der Waals surface area contributed by atoms with Crippen molar-refractivity contribution >= 4 is 21.6 Å². The molecule has 2 heterocycles. The molecule has 1 aliphatic heterocycles. The molecular weight excluding hydrogens is 438 g/mol. The predicted octanol–water partition coefficient (Wildman–Crippen LogP) is 3.81. The van der Waals surface area contributed by atoms with Crippen molar-refractivity contribution in [1.82, 2.24) is 9.62 Å². The number of carbonyl (C=O) groups excluding carboxylic acids is 1. The van der Waals surface area contributed by atoms with Gasteiger partial charge in [0.15, 0.2) is 0 Å². The second kappa shape index (κ2) is 9.80. The van der Waals surface area contributed by atoms with Gasteiger partial charge in [-0.2, -0.15) is 0 Å². The van der Waals surface area contributed by atoms with E-state index in [1.165, 1.54) is 0 Å². The van der Waals surface area contributed by atoms with E-state index in [1.807, 2.05) is 37.3 Å². The van der Waals surface area contributed by atoms with Crippen molar-refractivity contribution in [3.63, 3.8) is 0 Å². The Kier molecular flexibility index (Phi) is 6.85. The normalized spacial score (nSPS) is 14.9. The van der Waals surface area contributed by atoms with Crippen LogP contribution in [-0.2, 0) is 16.6 Å². The third kappa shape index (κ3) is 5.46. The molecule has 0 saturated carbocycles. The fourth-order valence-electron chi connectivity index (χ4n) is 4.09. The molecule has 1 amide bonds. The molecule has 0 atom stereocenters. The molecule has 0 unspecified atom stereocenters. The minimum Gasteiger partial charge on any atom is -0.467 e. The van der Waals surface area contributed by atoms with E-state index >= 15 is 0 Å². The Morgan fingerprint density at radius 2 is 1.76 bits per heavy atom. The van der Waals surface area contributed by atoms with E-state index in [9.17, 15) is 13.2 Å². The van der Waals surface area contributed by atoms with Gasteiger partial charge < -0.3 is 14.2 Å². The third-order valence-corrected chi connectivity index (χ3v) is 7.48. The van der Waals surface area contributed by atoms with Gasteiger partial charge in [0, 0.05) is 31.9 Å². The summed E-state index contributed by atoms with van der Waals surface area (Å²) in [6.45, 7) is 3.64. The highest BCUT2D eigenvalue weighted by molar-refractivity contribution is 7.89. The van der Waals surface area contributed by atoms with Gasteiger partial charge in [0.05, 0.1) is 23.3 Å². The van der Waals surface area contributed by atoms with E-state index in [2.05, 4.69) is 9.62 Å². The van der Waals surface area contributed by atoms with E-state index in [0.29, 0.717) is 38.0 Å². The van der Waals surface area contributed by atoms with E-state index in [-0.39, 0.29) is 16.8 Å². The number of nitrogens with one attached hydrogen (secondary N) is 1. The molecule has 2 aromatic carbocycles. The Bertz CT molecular complexity index is 1180. The number of nitrogens with zero attached hydrogens (tertiary/aromatic N) is 2. The molecule has 7 nitrogen and oxygen atoms in total. The zero-order valence-electron chi connectivity index (χ0n) is 18.9. The van der Waals surface area contributed by atoms with Crippen LogP contribution < -0.4 is 9.62 Å². The summed E-state index contributed by atoms with van der Waals surface area (Å²) in [4.78, 5) is 17.2. The summed E-state index contributed by atoms with van der Waals surface area (Å²) in [6, 6.07) is 17.9. The summed E-state index contributed by atoms with van der Waals surface area (Å²) in [5.74, 6) is 0.647. The van der Waals surface area contributed by atoms with Gasteiger partial charge in [-0.1, -0.05) is 29.8 Å². The first-order chi connectivity index (χ1) is 15.8. The van der Waals surface area contributed by atoms with Gasteiger partial charge in [0.2, 0.25) is 10.0 Å². The summed E-state index contributed by atoms with van der Waals surface area (Å²) in [7, 11) is -1.80. The fourth-order valence-corrected chi connectivity index (χ4v) is 5.39. The Morgan fingerprint density at radius 1 is 1.06 bits per heavy atom. The van der Waals surface area contributed by atoms with Crippen LogP contribution in [0.2, 0.25) is 0 Å². The largest absolute Gasteiger partial charge is 0.467 e. The monoisotopic (exact) mass is 467 g/mol. The molecule has 1 N–H and O–H groups in total. The average Bonchev–Trinajstić information content (AvgIpc) is 3.32. The number of para-hydroxylation sites is 1. The minimum atomic E-state index is -3.55. The standard InChI is InChI=1S/C25H29N3O4S/c1-19-9-11-22(12-10-19)33(30,31)26-20-13-15-28(16-14-20)24-8-4-3-7-23(24)25(29)27(2)18-21-6-5-17-32-21/h3-12,17,20,26H,13-16,18H2,1-2H3. The number of rotatable bonds is 7. The number of piperidine rings is 1. The van der Waals surface area contributed by atoms with Crippen LogP contribution in [0.1, 0.15) is 34.5 Å². The Hall–Kier alpha value is -3.10. The molecule has 0 spiro atoms. The van der Waals surface area contributed by atoms with Crippen molar-refractivity contribution in [3.8, 4) is 0 Å². The second-order valence-electron chi connectivity index (χ2n) is 8.45. The van der Waals surface area contributed by atoms with E-state index in [0.717, 1.165) is 17.0 Å². The van der Waals surface area contributed by atoms with Crippen LogP contribution in [0, 0.1) is 6.92 Å². The Labute approximate surface area is 195 Å². The first-order valence-electron chi connectivity index (χ1n) is 11.0. The molecule has 33 heavy (non-hydrogen) atoms. The lowest BCUT2D eigenvalue weighted by atomic mass is 10.0. The van der Waals surface area contributed by atoms with Gasteiger partial charge in [-0.15, -0.1) is 0 Å². The van der Waals surface area contributed by atoms with Crippen LogP contribution in [-0.4, -0.2) is 45.4 Å². The molecule has 0 bridgehead atoms. The van der Waals surface area contributed by atoms with Crippen molar-refractivity contribution < 1.29 is 17.6 Å². The molecule has 8 heteroatoms. The van der Waals surface area contributed by atoms with E-state index in [4.69, 9.17) is 4.42 Å². The number of amides is 1. The Balaban J connectivity index is 1.41. The first-order valence-corrected chi connectivity index (χ1v) is 12.5. The lowest BCUT2D eigenvalue weighted by Crippen LogP contribution is -2.45. The van der Waals surface area contributed by atoms with Crippen molar-refractivity contribution in [3.05, 3.63) is 83.8 Å². The van der Waals surface area contributed by atoms with Crippen LogP contribution in [0.15, 0.2) is 76.2 Å². The summed E-state index contributed by atoms with van der Waals surface area (Å²) in [5, 5.41) is 0. The van der Waals surface area contributed by atoms with Crippen LogP contribution in [0.5, 0.6) is 0 Å². The van der Waals surface area contributed by atoms with Gasteiger partial charge in [-0.3, -0.25) is 4.79 Å². The predicted molar refractivity (Wildman–Crippen MR) is 128 cm³/mol. The molecule has 0 aliphatic carbocycles. The highest BCUT2D eigenvalue weighted by Gasteiger charge is 2.27. The van der Waals surface area contributed by atoms with Crippen LogP contribution in [0.3, 0.4) is 0 Å². The maximum atomic E-state index is 13.1. The molecule has 1 saturated heterocycles. The second-order valence-corrected chi connectivity index (χ2v) is 10.2. The van der Waals surface area contributed by atoms with Gasteiger partial charge in [-0.25, -0.2) is 13.1 Å². The highest BCUT2D eigenvalue weighted by atomic mass is 32.2. The number of furan rings is 1. The summed E-state index contributed by atoms with van der Waals surface area (Å²) in [5.41, 5.74) is 2.52. The van der Waals surface area contributed by atoms with Crippen molar-refractivity contribution in [2.45, 2.75) is 37.2 Å². The maximum Gasteiger partial charge on any atom is 0.256 e. The fraction of sp³-hybridized carbons (Fsp3) is 0.320. The lowest BCUT2D eigenvalue weighted by Gasteiger charge is -2.35. The van der Waals surface area contributed by atoms with Gasteiger partial charge in [0.25, 0.3) is 5.91 Å². The van der Waals surface area contributed by atoms with E-state index < -0.39 is 10.0 Å². The molecule has 1 fully saturated rings. The van der Waals surface area contributed by atoms with Gasteiger partial charge in [-0.05, 0) is 56.2 Å². The molecule has 4 rings (SSSR count). The molecule has 1 aliphatic rings. The smallest absolute Gasteiger partial charge is 0.256 e. The highest BCUT2D eigenvalue weighted by Crippen LogP contribution is 2.26. The van der Waals surface area contributed by atoms with Gasteiger partial charge >= 0.3 is 0 Å². The number of hydrogen-bond acceptors (Lipinski definition) is 5.